The van der Waals surface area contributed by atoms with Crippen molar-refractivity contribution in [3.63, 3.8) is 0 Å². The molecular formula is C10H13FN2O. The molecule has 0 aliphatic carbocycles. The van der Waals surface area contributed by atoms with Gasteiger partial charge in [-0.05, 0) is 18.9 Å². The van der Waals surface area contributed by atoms with Gasteiger partial charge in [0.1, 0.15) is 6.23 Å². The van der Waals surface area contributed by atoms with Gasteiger partial charge in [0.15, 0.2) is 5.82 Å². The average Bonchev–Trinajstić information content (AvgIpc) is 2.66. The minimum absolute atomic E-state index is 0.00639. The molecule has 76 valence electrons. The van der Waals surface area contributed by atoms with Crippen molar-refractivity contribution < 1.29 is 9.13 Å². The lowest BCUT2D eigenvalue weighted by molar-refractivity contribution is 0.111. The van der Waals surface area contributed by atoms with Crippen LogP contribution in [-0.4, -0.2) is 24.9 Å². The van der Waals surface area contributed by atoms with E-state index >= 15 is 0 Å². The predicted molar refractivity (Wildman–Crippen MR) is 51.6 cm³/mol. The van der Waals surface area contributed by atoms with Gasteiger partial charge < -0.3 is 9.64 Å². The highest BCUT2D eigenvalue weighted by molar-refractivity contribution is 5.47. The molecule has 14 heavy (non-hydrogen) atoms. The van der Waals surface area contributed by atoms with E-state index in [-0.39, 0.29) is 12.0 Å². The molecule has 0 amide bonds. The van der Waals surface area contributed by atoms with Crippen LogP contribution < -0.4 is 4.90 Å². The van der Waals surface area contributed by atoms with Gasteiger partial charge >= 0.3 is 0 Å². The van der Waals surface area contributed by atoms with Gasteiger partial charge in [0.05, 0.1) is 11.9 Å². The van der Waals surface area contributed by atoms with Crippen LogP contribution in [0.5, 0.6) is 0 Å². The molecule has 0 radical (unpaired) electrons. The largest absolute Gasteiger partial charge is 0.362 e. The van der Waals surface area contributed by atoms with Crippen molar-refractivity contribution in [3.05, 3.63) is 24.3 Å². The number of hydrogen-bond donors (Lipinski definition) is 0. The molecule has 1 aliphatic rings. The van der Waals surface area contributed by atoms with Gasteiger partial charge in [-0.2, -0.15) is 0 Å². The number of anilines is 1. The van der Waals surface area contributed by atoms with E-state index in [1.54, 1.807) is 19.4 Å². The predicted octanol–water partition coefficient (Wildman–Crippen LogP) is 1.79. The molecule has 3 nitrogen and oxygen atoms in total. The van der Waals surface area contributed by atoms with Crippen LogP contribution >= 0.6 is 0 Å². The summed E-state index contributed by atoms with van der Waals surface area (Å²) in [6.07, 6.45) is 4.84. The van der Waals surface area contributed by atoms with Crippen molar-refractivity contribution in [2.75, 3.05) is 18.6 Å². The fourth-order valence-corrected chi connectivity index (χ4v) is 1.86. The third-order valence-corrected chi connectivity index (χ3v) is 2.53. The van der Waals surface area contributed by atoms with Crippen molar-refractivity contribution in [1.82, 2.24) is 4.98 Å². The standard InChI is InChI=1S/C10H13FN2O/c1-14-10-3-2-6-13(10)9-4-5-12-7-8(9)11/h4-5,7,10H,2-3,6H2,1H3. The molecule has 1 aromatic heterocycles. The number of pyridine rings is 1. The molecular weight excluding hydrogens is 183 g/mol. The molecule has 2 rings (SSSR count). The molecule has 1 aromatic rings. The molecule has 1 atom stereocenters. The smallest absolute Gasteiger partial charge is 0.164 e. The monoisotopic (exact) mass is 196 g/mol. The molecule has 1 saturated heterocycles. The molecule has 0 aromatic carbocycles. The lowest BCUT2D eigenvalue weighted by Crippen LogP contribution is -2.31. The fraction of sp³-hybridized carbons (Fsp3) is 0.500. The number of ether oxygens (including phenoxy) is 1. The second kappa shape index (κ2) is 3.92. The van der Waals surface area contributed by atoms with E-state index in [9.17, 15) is 4.39 Å². The number of methoxy groups -OCH3 is 1. The van der Waals surface area contributed by atoms with Gasteiger partial charge in [0.25, 0.3) is 0 Å². The molecule has 0 N–H and O–H groups in total. The van der Waals surface area contributed by atoms with Gasteiger partial charge in [0.2, 0.25) is 0 Å². The van der Waals surface area contributed by atoms with E-state index in [1.165, 1.54) is 6.20 Å². The van der Waals surface area contributed by atoms with Crippen molar-refractivity contribution >= 4 is 5.69 Å². The summed E-state index contributed by atoms with van der Waals surface area (Å²) < 4.78 is 18.7. The molecule has 0 saturated carbocycles. The zero-order valence-corrected chi connectivity index (χ0v) is 8.11. The van der Waals surface area contributed by atoms with Crippen molar-refractivity contribution in [3.8, 4) is 0 Å². The first kappa shape index (κ1) is 9.40. The summed E-state index contributed by atoms with van der Waals surface area (Å²) >= 11 is 0. The highest BCUT2D eigenvalue weighted by atomic mass is 19.1. The maximum Gasteiger partial charge on any atom is 0.164 e. The van der Waals surface area contributed by atoms with Crippen LogP contribution in [0.2, 0.25) is 0 Å². The Kier molecular flexibility index (Phi) is 2.63. The maximum atomic E-state index is 13.4. The van der Waals surface area contributed by atoms with Gasteiger partial charge in [-0.25, -0.2) is 4.39 Å². The topological polar surface area (TPSA) is 25.4 Å². The van der Waals surface area contributed by atoms with E-state index in [1.807, 2.05) is 4.90 Å². The first-order valence-electron chi connectivity index (χ1n) is 4.72. The highest BCUT2D eigenvalue weighted by Crippen LogP contribution is 2.27. The van der Waals surface area contributed by atoms with E-state index < -0.39 is 0 Å². The van der Waals surface area contributed by atoms with Crippen molar-refractivity contribution in [1.29, 1.82) is 0 Å². The fourth-order valence-electron chi connectivity index (χ4n) is 1.86. The van der Waals surface area contributed by atoms with Crippen molar-refractivity contribution in [2.45, 2.75) is 19.1 Å². The van der Waals surface area contributed by atoms with Crippen molar-refractivity contribution in [2.24, 2.45) is 0 Å². The average molecular weight is 196 g/mol. The highest BCUT2D eigenvalue weighted by Gasteiger charge is 2.26. The summed E-state index contributed by atoms with van der Waals surface area (Å²) in [5.41, 5.74) is 0.587. The van der Waals surface area contributed by atoms with Gasteiger partial charge in [-0.1, -0.05) is 0 Å². The second-order valence-corrected chi connectivity index (χ2v) is 3.35. The number of hydrogen-bond acceptors (Lipinski definition) is 3. The Bertz CT molecular complexity index is 319. The second-order valence-electron chi connectivity index (χ2n) is 3.35. The van der Waals surface area contributed by atoms with Crippen LogP contribution in [0.1, 0.15) is 12.8 Å². The first-order chi connectivity index (χ1) is 6.83. The van der Waals surface area contributed by atoms with Crippen LogP contribution in [0.25, 0.3) is 0 Å². The van der Waals surface area contributed by atoms with E-state index in [2.05, 4.69) is 4.98 Å². The molecule has 0 spiro atoms. The summed E-state index contributed by atoms with van der Waals surface area (Å²) in [6, 6.07) is 1.69. The maximum absolute atomic E-state index is 13.4. The minimum atomic E-state index is -0.281. The summed E-state index contributed by atoms with van der Waals surface area (Å²) in [5.74, 6) is -0.281. The lowest BCUT2D eigenvalue weighted by atomic mass is 10.3. The van der Waals surface area contributed by atoms with Gasteiger partial charge in [-0.3, -0.25) is 4.98 Å². The molecule has 4 heteroatoms. The number of nitrogens with zero attached hydrogens (tertiary/aromatic N) is 2. The molecule has 0 bridgehead atoms. The normalized spacial score (nSPS) is 21.6. The van der Waals surface area contributed by atoms with Crippen LogP contribution in [0.3, 0.4) is 0 Å². The molecule has 2 heterocycles. The SMILES string of the molecule is COC1CCCN1c1ccncc1F. The Morgan fingerprint density at radius 1 is 1.64 bits per heavy atom. The zero-order valence-electron chi connectivity index (χ0n) is 8.11. The molecule has 1 aliphatic heterocycles. The van der Waals surface area contributed by atoms with Crippen LogP contribution in [0.4, 0.5) is 10.1 Å². The summed E-state index contributed by atoms with van der Waals surface area (Å²) in [4.78, 5) is 5.67. The Labute approximate surface area is 82.5 Å². The number of halogens is 1. The first-order valence-corrected chi connectivity index (χ1v) is 4.72. The Balaban J connectivity index is 2.26. The quantitative estimate of drug-likeness (QED) is 0.721. The third-order valence-electron chi connectivity index (χ3n) is 2.53. The summed E-state index contributed by atoms with van der Waals surface area (Å²) in [6.45, 7) is 0.847. The molecule has 1 fully saturated rings. The molecule has 1 unspecified atom stereocenters. The Morgan fingerprint density at radius 2 is 2.50 bits per heavy atom. The number of aromatic nitrogens is 1. The third kappa shape index (κ3) is 1.57. The van der Waals surface area contributed by atoms with E-state index in [0.717, 1.165) is 19.4 Å². The van der Waals surface area contributed by atoms with Gasteiger partial charge in [-0.15, -0.1) is 0 Å². The Hall–Kier alpha value is -1.16. The van der Waals surface area contributed by atoms with Crippen LogP contribution in [0, 0.1) is 5.82 Å². The van der Waals surface area contributed by atoms with Gasteiger partial charge in [0, 0.05) is 19.9 Å². The van der Waals surface area contributed by atoms with E-state index in [4.69, 9.17) is 4.74 Å². The van der Waals surface area contributed by atoms with E-state index in [0.29, 0.717) is 5.69 Å². The number of rotatable bonds is 2. The summed E-state index contributed by atoms with van der Waals surface area (Å²) in [7, 11) is 1.65. The lowest BCUT2D eigenvalue weighted by Gasteiger charge is -2.25. The minimum Gasteiger partial charge on any atom is -0.362 e. The Morgan fingerprint density at radius 3 is 3.21 bits per heavy atom. The zero-order chi connectivity index (χ0) is 9.97. The summed E-state index contributed by atoms with van der Waals surface area (Å²) in [5, 5.41) is 0. The van der Waals surface area contributed by atoms with Crippen LogP contribution in [-0.2, 0) is 4.74 Å². The van der Waals surface area contributed by atoms with Crippen LogP contribution in [0.15, 0.2) is 18.5 Å².